The molecule has 2 amide bonds. The van der Waals surface area contributed by atoms with Crippen LogP contribution in [0.15, 0.2) is 43.0 Å². The van der Waals surface area contributed by atoms with Crippen LogP contribution in [0.1, 0.15) is 36.0 Å². The number of hydrogen-bond acceptors (Lipinski definition) is 4. The first-order chi connectivity index (χ1) is 12.7. The number of amides is 2. The van der Waals surface area contributed by atoms with Crippen LogP contribution in [0.5, 0.6) is 0 Å². The molecule has 0 saturated carbocycles. The van der Waals surface area contributed by atoms with E-state index in [2.05, 4.69) is 17.2 Å². The minimum Gasteiger partial charge on any atom is -0.445 e. The Morgan fingerprint density at radius 1 is 1.15 bits per heavy atom. The third-order valence-electron chi connectivity index (χ3n) is 5.15. The zero-order chi connectivity index (χ0) is 18.4. The molecule has 3 atom stereocenters. The van der Waals surface area contributed by atoms with Crippen molar-refractivity contribution in [3.05, 3.63) is 48.6 Å². The van der Waals surface area contributed by atoms with E-state index in [9.17, 15) is 9.59 Å². The second kappa shape index (κ2) is 8.85. The van der Waals surface area contributed by atoms with Crippen LogP contribution in [0, 0.1) is 0 Å². The molecule has 0 spiro atoms. The number of piperidine rings is 1. The van der Waals surface area contributed by atoms with Crippen molar-refractivity contribution in [1.82, 2.24) is 15.5 Å². The van der Waals surface area contributed by atoms with E-state index in [1.165, 1.54) is 0 Å². The van der Waals surface area contributed by atoms with Crippen molar-refractivity contribution in [3.63, 3.8) is 0 Å². The maximum Gasteiger partial charge on any atom is 0.410 e. The first-order valence-electron chi connectivity index (χ1n) is 9.31. The van der Waals surface area contributed by atoms with Crippen LogP contribution in [0.3, 0.4) is 0 Å². The highest BCUT2D eigenvalue weighted by Crippen LogP contribution is 2.36. The molecule has 2 N–H and O–H groups in total. The summed E-state index contributed by atoms with van der Waals surface area (Å²) in [7, 11) is 0. The van der Waals surface area contributed by atoms with Crippen LogP contribution >= 0.6 is 0 Å². The number of carbonyl (C=O) groups excluding carboxylic acids is 2. The number of nitrogens with zero attached hydrogens (tertiary/aromatic N) is 1. The molecule has 2 heterocycles. The molecule has 1 aromatic carbocycles. The van der Waals surface area contributed by atoms with Crippen molar-refractivity contribution in [3.8, 4) is 0 Å². The zero-order valence-electron chi connectivity index (χ0n) is 15.0. The van der Waals surface area contributed by atoms with E-state index in [-0.39, 0.29) is 30.7 Å². The largest absolute Gasteiger partial charge is 0.445 e. The number of rotatable bonds is 7. The second-order valence-electron chi connectivity index (χ2n) is 6.90. The number of fused-ring (bicyclic) bond motifs is 2. The summed E-state index contributed by atoms with van der Waals surface area (Å²) in [6, 6.07) is 10.1. The Hall–Kier alpha value is -2.34. The van der Waals surface area contributed by atoms with E-state index in [1.54, 1.807) is 6.08 Å². The smallest absolute Gasteiger partial charge is 0.410 e. The number of benzene rings is 1. The van der Waals surface area contributed by atoms with Gasteiger partial charge in [0.15, 0.2) is 0 Å². The van der Waals surface area contributed by atoms with Crippen molar-refractivity contribution < 1.29 is 14.3 Å². The molecule has 2 aliphatic heterocycles. The lowest BCUT2D eigenvalue weighted by Crippen LogP contribution is -2.52. The van der Waals surface area contributed by atoms with Crippen molar-refractivity contribution in [2.24, 2.45) is 0 Å². The highest BCUT2D eigenvalue weighted by Gasteiger charge is 2.43. The van der Waals surface area contributed by atoms with Crippen molar-refractivity contribution in [2.45, 2.75) is 43.8 Å². The maximum atomic E-state index is 12.2. The van der Waals surface area contributed by atoms with Gasteiger partial charge in [-0.3, -0.25) is 4.79 Å². The molecule has 1 unspecified atom stereocenters. The lowest BCUT2D eigenvalue weighted by atomic mass is 9.98. The zero-order valence-corrected chi connectivity index (χ0v) is 15.0. The summed E-state index contributed by atoms with van der Waals surface area (Å²) in [4.78, 5) is 26.1. The van der Waals surface area contributed by atoms with E-state index < -0.39 is 0 Å². The number of nitrogens with one attached hydrogen (secondary N) is 2. The van der Waals surface area contributed by atoms with Crippen LogP contribution < -0.4 is 10.6 Å². The molecule has 0 aliphatic carbocycles. The van der Waals surface area contributed by atoms with Crippen molar-refractivity contribution >= 4 is 12.0 Å². The fourth-order valence-corrected chi connectivity index (χ4v) is 3.99. The third-order valence-corrected chi connectivity index (χ3v) is 5.15. The van der Waals surface area contributed by atoms with E-state index in [0.29, 0.717) is 18.2 Å². The van der Waals surface area contributed by atoms with Crippen LogP contribution in [-0.2, 0) is 4.74 Å². The van der Waals surface area contributed by atoms with Gasteiger partial charge in [0.2, 0.25) is 0 Å². The monoisotopic (exact) mass is 357 g/mol. The van der Waals surface area contributed by atoms with E-state index in [1.807, 2.05) is 35.2 Å². The first kappa shape index (κ1) is 18.5. The molecule has 2 aliphatic rings. The Balaban J connectivity index is 1.39. The average molecular weight is 357 g/mol. The van der Waals surface area contributed by atoms with Gasteiger partial charge in [-0.1, -0.05) is 30.9 Å². The predicted molar refractivity (Wildman–Crippen MR) is 100.0 cm³/mol. The van der Waals surface area contributed by atoms with Gasteiger partial charge in [-0.2, -0.15) is 0 Å². The SMILES string of the molecule is C=CCOC(=O)N1[C@@H]2CC[C@H]1CC(NCCNC(=O)c1ccccc1)C2. The molecule has 26 heavy (non-hydrogen) atoms. The summed E-state index contributed by atoms with van der Waals surface area (Å²) in [5, 5.41) is 6.45. The highest BCUT2D eigenvalue weighted by atomic mass is 16.6. The Labute approximate surface area is 154 Å². The van der Waals surface area contributed by atoms with Crippen LogP contribution in [-0.4, -0.2) is 54.7 Å². The standard InChI is InChI=1S/C20H27N3O3/c1-2-12-26-20(25)23-17-8-9-18(23)14-16(13-17)21-10-11-22-19(24)15-6-4-3-5-7-15/h2-7,16-18,21H,1,8-14H2,(H,22,24)/t16?,17-,18+. The molecular formula is C20H27N3O3. The van der Waals surface area contributed by atoms with Crippen LogP contribution in [0.4, 0.5) is 4.79 Å². The van der Waals surface area contributed by atoms with Crippen LogP contribution in [0.25, 0.3) is 0 Å². The number of carbonyl (C=O) groups is 2. The average Bonchev–Trinajstić information content (AvgIpc) is 2.94. The lowest BCUT2D eigenvalue weighted by molar-refractivity contribution is 0.0694. The van der Waals surface area contributed by atoms with Gasteiger partial charge in [0.25, 0.3) is 5.91 Å². The minimum absolute atomic E-state index is 0.0488. The molecule has 2 fully saturated rings. The fourth-order valence-electron chi connectivity index (χ4n) is 3.99. The molecular weight excluding hydrogens is 330 g/mol. The first-order valence-corrected chi connectivity index (χ1v) is 9.31. The topological polar surface area (TPSA) is 70.7 Å². The Kier molecular flexibility index (Phi) is 6.28. The van der Waals surface area contributed by atoms with Crippen LogP contribution in [0.2, 0.25) is 0 Å². The van der Waals surface area contributed by atoms with Gasteiger partial charge in [0.05, 0.1) is 0 Å². The molecule has 2 saturated heterocycles. The third kappa shape index (κ3) is 4.43. The maximum absolute atomic E-state index is 12.2. The fraction of sp³-hybridized carbons (Fsp3) is 0.500. The summed E-state index contributed by atoms with van der Waals surface area (Å²) < 4.78 is 5.21. The molecule has 0 radical (unpaired) electrons. The van der Waals surface area contributed by atoms with E-state index in [0.717, 1.165) is 32.2 Å². The summed E-state index contributed by atoms with van der Waals surface area (Å²) in [6.07, 6.45) is 5.33. The van der Waals surface area contributed by atoms with Crippen molar-refractivity contribution in [1.29, 1.82) is 0 Å². The predicted octanol–water partition coefficient (Wildman–Crippen LogP) is 2.32. The van der Waals surface area contributed by atoms with Gasteiger partial charge in [-0.15, -0.1) is 0 Å². The molecule has 2 bridgehead atoms. The summed E-state index contributed by atoms with van der Waals surface area (Å²) in [5.74, 6) is -0.0488. The number of ether oxygens (including phenoxy) is 1. The highest BCUT2D eigenvalue weighted by molar-refractivity contribution is 5.94. The molecule has 3 rings (SSSR count). The van der Waals surface area contributed by atoms with Crippen molar-refractivity contribution in [2.75, 3.05) is 19.7 Å². The summed E-state index contributed by atoms with van der Waals surface area (Å²) >= 11 is 0. The molecule has 6 heteroatoms. The van der Waals surface area contributed by atoms with Gasteiger partial charge in [0.1, 0.15) is 6.61 Å². The van der Waals surface area contributed by atoms with Gasteiger partial charge in [-0.05, 0) is 37.8 Å². The summed E-state index contributed by atoms with van der Waals surface area (Å²) in [6.45, 7) is 5.16. The quantitative estimate of drug-likeness (QED) is 0.580. The van der Waals surface area contributed by atoms with Gasteiger partial charge in [-0.25, -0.2) is 4.79 Å². The second-order valence-corrected chi connectivity index (χ2v) is 6.90. The van der Waals surface area contributed by atoms with Gasteiger partial charge in [0, 0.05) is 36.8 Å². The van der Waals surface area contributed by atoms with E-state index in [4.69, 9.17) is 4.74 Å². The van der Waals surface area contributed by atoms with E-state index >= 15 is 0 Å². The minimum atomic E-state index is -0.217. The summed E-state index contributed by atoms with van der Waals surface area (Å²) in [5.41, 5.74) is 0.678. The Bertz CT molecular complexity index is 620. The Morgan fingerprint density at radius 2 is 1.85 bits per heavy atom. The molecule has 6 nitrogen and oxygen atoms in total. The Morgan fingerprint density at radius 3 is 2.50 bits per heavy atom. The lowest BCUT2D eigenvalue weighted by Gasteiger charge is -2.38. The molecule has 1 aromatic rings. The van der Waals surface area contributed by atoms with Gasteiger partial charge < -0.3 is 20.3 Å². The van der Waals surface area contributed by atoms with Gasteiger partial charge >= 0.3 is 6.09 Å². The molecule has 0 aromatic heterocycles. The molecule has 140 valence electrons. The number of hydrogen-bond donors (Lipinski definition) is 2. The normalized spacial score (nSPS) is 24.2.